The first-order valence-corrected chi connectivity index (χ1v) is 3.49. The molecular formula is C7H6ClNO3. The van der Waals surface area contributed by atoms with Gasteiger partial charge in [0.1, 0.15) is 10.7 Å². The standard InChI is InChI=1S/C7H6ClNO3/c1-11-12-7(10)5-3-2-4-9-6(5)8/h2-4H,1H3. The number of carbonyl (C=O) groups excluding carboxylic acids is 1. The van der Waals surface area contributed by atoms with Gasteiger partial charge in [-0.25, -0.2) is 9.78 Å². The van der Waals surface area contributed by atoms with E-state index in [4.69, 9.17) is 11.6 Å². The third kappa shape index (κ3) is 1.93. The van der Waals surface area contributed by atoms with Gasteiger partial charge in [-0.1, -0.05) is 11.6 Å². The van der Waals surface area contributed by atoms with Gasteiger partial charge in [-0.05, 0) is 12.1 Å². The van der Waals surface area contributed by atoms with Crippen molar-refractivity contribution in [3.05, 3.63) is 29.0 Å². The molecule has 0 spiro atoms. The van der Waals surface area contributed by atoms with Crippen molar-refractivity contribution in [1.29, 1.82) is 0 Å². The van der Waals surface area contributed by atoms with Crippen LogP contribution in [0.15, 0.2) is 18.3 Å². The Hall–Kier alpha value is -1.13. The third-order valence-corrected chi connectivity index (χ3v) is 1.44. The van der Waals surface area contributed by atoms with Crippen LogP contribution in [0.1, 0.15) is 10.4 Å². The van der Waals surface area contributed by atoms with E-state index in [-0.39, 0.29) is 10.7 Å². The summed E-state index contributed by atoms with van der Waals surface area (Å²) in [7, 11) is 1.24. The van der Waals surface area contributed by atoms with Gasteiger partial charge in [-0.2, -0.15) is 4.89 Å². The second-order valence-electron chi connectivity index (χ2n) is 1.88. The summed E-state index contributed by atoms with van der Waals surface area (Å²) in [5, 5.41) is 0.0968. The molecule has 0 bridgehead atoms. The van der Waals surface area contributed by atoms with Crippen LogP contribution in [0.4, 0.5) is 0 Å². The van der Waals surface area contributed by atoms with Gasteiger partial charge < -0.3 is 0 Å². The molecule has 0 atom stereocenters. The highest BCUT2D eigenvalue weighted by Gasteiger charge is 2.11. The molecule has 0 amide bonds. The normalized spacial score (nSPS) is 9.50. The van der Waals surface area contributed by atoms with Gasteiger partial charge in [0, 0.05) is 6.20 Å². The molecule has 0 aromatic carbocycles. The molecule has 0 saturated heterocycles. The molecular weight excluding hydrogens is 182 g/mol. The molecule has 0 fully saturated rings. The summed E-state index contributed by atoms with van der Waals surface area (Å²) in [5.41, 5.74) is 0.181. The average molecular weight is 188 g/mol. The van der Waals surface area contributed by atoms with E-state index < -0.39 is 5.97 Å². The van der Waals surface area contributed by atoms with E-state index in [1.165, 1.54) is 19.4 Å². The molecule has 1 rings (SSSR count). The first-order valence-electron chi connectivity index (χ1n) is 3.11. The minimum Gasteiger partial charge on any atom is -0.293 e. The molecule has 12 heavy (non-hydrogen) atoms. The number of aromatic nitrogens is 1. The van der Waals surface area contributed by atoms with Gasteiger partial charge in [-0.15, -0.1) is 0 Å². The smallest absolute Gasteiger partial charge is 0.293 e. The van der Waals surface area contributed by atoms with Gasteiger partial charge in [0.2, 0.25) is 0 Å². The topological polar surface area (TPSA) is 48.4 Å². The Morgan fingerprint density at radius 1 is 1.67 bits per heavy atom. The lowest BCUT2D eigenvalue weighted by molar-refractivity contribution is -0.216. The van der Waals surface area contributed by atoms with Crippen molar-refractivity contribution in [2.45, 2.75) is 0 Å². The van der Waals surface area contributed by atoms with Crippen LogP contribution in [0.2, 0.25) is 5.15 Å². The molecule has 0 aliphatic heterocycles. The Balaban J connectivity index is 2.87. The zero-order valence-electron chi connectivity index (χ0n) is 6.28. The molecule has 0 N–H and O–H groups in total. The second kappa shape index (κ2) is 4.04. The van der Waals surface area contributed by atoms with Gasteiger partial charge in [0.25, 0.3) is 0 Å². The summed E-state index contributed by atoms with van der Waals surface area (Å²) < 4.78 is 0. The maximum absolute atomic E-state index is 11.0. The van der Waals surface area contributed by atoms with Crippen molar-refractivity contribution in [2.75, 3.05) is 7.11 Å². The number of nitrogens with zero attached hydrogens (tertiary/aromatic N) is 1. The predicted octanol–water partition coefficient (Wildman–Crippen LogP) is 1.45. The van der Waals surface area contributed by atoms with Crippen molar-refractivity contribution < 1.29 is 14.6 Å². The highest BCUT2D eigenvalue weighted by atomic mass is 35.5. The number of halogens is 1. The van der Waals surface area contributed by atoms with Crippen molar-refractivity contribution in [3.8, 4) is 0 Å². The van der Waals surface area contributed by atoms with E-state index in [1.807, 2.05) is 0 Å². The monoisotopic (exact) mass is 187 g/mol. The zero-order chi connectivity index (χ0) is 8.97. The predicted molar refractivity (Wildman–Crippen MR) is 41.7 cm³/mol. The number of pyridine rings is 1. The molecule has 1 aromatic rings. The molecule has 1 aromatic heterocycles. The van der Waals surface area contributed by atoms with Gasteiger partial charge in [0.15, 0.2) is 0 Å². The van der Waals surface area contributed by atoms with E-state index >= 15 is 0 Å². The van der Waals surface area contributed by atoms with Crippen molar-refractivity contribution in [2.24, 2.45) is 0 Å². The van der Waals surface area contributed by atoms with Crippen LogP contribution in [0.25, 0.3) is 0 Å². The fourth-order valence-corrected chi connectivity index (χ4v) is 0.855. The molecule has 0 radical (unpaired) electrons. The van der Waals surface area contributed by atoms with Crippen molar-refractivity contribution >= 4 is 17.6 Å². The Morgan fingerprint density at radius 3 is 3.00 bits per heavy atom. The molecule has 64 valence electrons. The molecule has 0 aliphatic rings. The van der Waals surface area contributed by atoms with Crippen LogP contribution in [-0.4, -0.2) is 18.1 Å². The molecule has 0 aliphatic carbocycles. The van der Waals surface area contributed by atoms with Crippen LogP contribution in [0.5, 0.6) is 0 Å². The summed E-state index contributed by atoms with van der Waals surface area (Å²) in [6.07, 6.45) is 1.48. The van der Waals surface area contributed by atoms with Crippen molar-refractivity contribution in [1.82, 2.24) is 4.98 Å². The number of hydrogen-bond acceptors (Lipinski definition) is 4. The molecule has 1 heterocycles. The van der Waals surface area contributed by atoms with Gasteiger partial charge in [0.05, 0.1) is 7.11 Å². The van der Waals surface area contributed by atoms with E-state index in [0.29, 0.717) is 0 Å². The minimum atomic E-state index is -0.657. The maximum atomic E-state index is 11.0. The average Bonchev–Trinajstić information content (AvgIpc) is 2.05. The fraction of sp³-hybridized carbons (Fsp3) is 0.143. The van der Waals surface area contributed by atoms with Crippen LogP contribution in [-0.2, 0) is 9.78 Å². The maximum Gasteiger partial charge on any atom is 0.376 e. The van der Waals surface area contributed by atoms with Gasteiger partial charge in [-0.3, -0.25) is 4.89 Å². The minimum absolute atomic E-state index is 0.0968. The zero-order valence-corrected chi connectivity index (χ0v) is 7.04. The Kier molecular flexibility index (Phi) is 3.01. The SMILES string of the molecule is COOC(=O)c1cccnc1Cl. The molecule has 5 heteroatoms. The summed E-state index contributed by atoms with van der Waals surface area (Å²) in [4.78, 5) is 23.1. The largest absolute Gasteiger partial charge is 0.376 e. The fourth-order valence-electron chi connectivity index (χ4n) is 0.659. The lowest BCUT2D eigenvalue weighted by atomic mass is 10.3. The molecule has 4 nitrogen and oxygen atoms in total. The van der Waals surface area contributed by atoms with E-state index in [2.05, 4.69) is 14.8 Å². The number of hydrogen-bond donors (Lipinski definition) is 0. The summed E-state index contributed by atoms with van der Waals surface area (Å²) >= 11 is 5.59. The van der Waals surface area contributed by atoms with Crippen molar-refractivity contribution in [3.63, 3.8) is 0 Å². The van der Waals surface area contributed by atoms with E-state index in [0.717, 1.165) is 0 Å². The van der Waals surface area contributed by atoms with E-state index in [1.54, 1.807) is 6.07 Å². The quantitative estimate of drug-likeness (QED) is 0.400. The summed E-state index contributed by atoms with van der Waals surface area (Å²) in [6, 6.07) is 3.08. The molecule has 0 unspecified atom stereocenters. The summed E-state index contributed by atoms with van der Waals surface area (Å²) in [5.74, 6) is -0.657. The van der Waals surface area contributed by atoms with E-state index in [9.17, 15) is 4.79 Å². The first kappa shape index (κ1) is 8.96. The highest BCUT2D eigenvalue weighted by molar-refractivity contribution is 6.32. The Labute approximate surface area is 74.0 Å². The lowest BCUT2D eigenvalue weighted by Crippen LogP contribution is -2.05. The number of rotatable bonds is 2. The van der Waals surface area contributed by atoms with Crippen LogP contribution < -0.4 is 0 Å². The Bertz CT molecular complexity index is 290. The van der Waals surface area contributed by atoms with Crippen LogP contribution in [0.3, 0.4) is 0 Å². The Morgan fingerprint density at radius 2 is 2.42 bits per heavy atom. The number of carbonyl (C=O) groups is 1. The highest BCUT2D eigenvalue weighted by Crippen LogP contribution is 2.12. The van der Waals surface area contributed by atoms with Gasteiger partial charge >= 0.3 is 5.97 Å². The second-order valence-corrected chi connectivity index (χ2v) is 2.24. The first-order chi connectivity index (χ1) is 5.75. The van der Waals surface area contributed by atoms with Crippen LogP contribution >= 0.6 is 11.6 Å². The lowest BCUT2D eigenvalue weighted by Gasteiger charge is -1.99. The molecule has 0 saturated carbocycles. The van der Waals surface area contributed by atoms with Crippen LogP contribution in [0, 0.1) is 0 Å². The third-order valence-electron chi connectivity index (χ3n) is 1.14. The summed E-state index contributed by atoms with van der Waals surface area (Å²) in [6.45, 7) is 0.